The third-order valence-corrected chi connectivity index (χ3v) is 3.02. The maximum Gasteiger partial charge on any atom is 0.222 e. The van der Waals surface area contributed by atoms with E-state index >= 15 is 0 Å². The lowest BCUT2D eigenvalue weighted by Gasteiger charge is -2.06. The molecule has 0 unspecified atom stereocenters. The van der Waals surface area contributed by atoms with Gasteiger partial charge in [-0.05, 0) is 31.0 Å². The van der Waals surface area contributed by atoms with Crippen LogP contribution in [0.1, 0.15) is 16.8 Å². The predicted molar refractivity (Wildman–Crippen MR) is 79.8 cm³/mol. The van der Waals surface area contributed by atoms with Gasteiger partial charge >= 0.3 is 0 Å². The molecule has 0 bridgehead atoms. The average molecular weight is 275 g/mol. The number of aromatic nitrogens is 2. The van der Waals surface area contributed by atoms with Crippen LogP contribution in [0.15, 0.2) is 30.3 Å². The molecule has 19 heavy (non-hydrogen) atoms. The van der Waals surface area contributed by atoms with E-state index in [2.05, 4.69) is 9.97 Å². The van der Waals surface area contributed by atoms with Crippen LogP contribution < -0.4 is 11.5 Å². The minimum absolute atomic E-state index is 0.209. The summed E-state index contributed by atoms with van der Waals surface area (Å²) >= 11 is 5.83. The van der Waals surface area contributed by atoms with Crippen molar-refractivity contribution in [2.45, 2.75) is 13.3 Å². The smallest absolute Gasteiger partial charge is 0.222 e. The van der Waals surface area contributed by atoms with Crippen molar-refractivity contribution in [2.75, 3.05) is 11.5 Å². The van der Waals surface area contributed by atoms with E-state index in [0.717, 1.165) is 21.8 Å². The molecule has 2 aromatic rings. The highest BCUT2D eigenvalue weighted by molar-refractivity contribution is 6.30. The summed E-state index contributed by atoms with van der Waals surface area (Å²) in [5, 5.41) is 0.726. The first kappa shape index (κ1) is 13.4. The molecule has 4 nitrogen and oxygen atoms in total. The zero-order valence-corrected chi connectivity index (χ0v) is 11.4. The number of halogens is 1. The second kappa shape index (κ2) is 5.71. The van der Waals surface area contributed by atoms with Crippen molar-refractivity contribution in [3.05, 3.63) is 52.2 Å². The minimum Gasteiger partial charge on any atom is -0.383 e. The van der Waals surface area contributed by atoms with E-state index < -0.39 is 0 Å². The van der Waals surface area contributed by atoms with Gasteiger partial charge in [-0.2, -0.15) is 4.98 Å². The van der Waals surface area contributed by atoms with Crippen LogP contribution in [0, 0.1) is 6.92 Å². The standard InChI is InChI=1S/C14H15ClN4/c1-9-12(13(16)19-14(17)18-9)4-2-3-10-5-7-11(15)8-6-10/h2-3,5-8H,4H2,1H3,(H4,16,17,18,19)/b3-2+. The molecule has 1 heterocycles. The lowest BCUT2D eigenvalue weighted by molar-refractivity contribution is 1.05. The summed E-state index contributed by atoms with van der Waals surface area (Å²) in [5.74, 6) is 0.645. The molecule has 2 rings (SSSR count). The Bertz CT molecular complexity index is 582. The summed E-state index contributed by atoms with van der Waals surface area (Å²) in [4.78, 5) is 8.07. The van der Waals surface area contributed by atoms with Crippen molar-refractivity contribution in [2.24, 2.45) is 0 Å². The molecule has 4 N–H and O–H groups in total. The van der Waals surface area contributed by atoms with Gasteiger partial charge in [0.15, 0.2) is 0 Å². The first-order valence-electron chi connectivity index (χ1n) is 5.87. The van der Waals surface area contributed by atoms with Crippen LogP contribution >= 0.6 is 11.6 Å². The van der Waals surface area contributed by atoms with Gasteiger partial charge in [0.05, 0.1) is 0 Å². The molecule has 0 atom stereocenters. The highest BCUT2D eigenvalue weighted by Crippen LogP contribution is 2.16. The molecular weight excluding hydrogens is 260 g/mol. The van der Waals surface area contributed by atoms with E-state index in [4.69, 9.17) is 23.1 Å². The average Bonchev–Trinajstić information content (AvgIpc) is 2.34. The quantitative estimate of drug-likeness (QED) is 0.902. The number of hydrogen-bond acceptors (Lipinski definition) is 4. The molecule has 0 spiro atoms. The molecule has 98 valence electrons. The summed E-state index contributed by atoms with van der Waals surface area (Å²) in [7, 11) is 0. The van der Waals surface area contributed by atoms with E-state index in [1.807, 2.05) is 43.3 Å². The SMILES string of the molecule is Cc1nc(N)nc(N)c1C/C=C/c1ccc(Cl)cc1. The predicted octanol–water partition coefficient (Wildman–Crippen LogP) is 2.86. The highest BCUT2D eigenvalue weighted by atomic mass is 35.5. The van der Waals surface area contributed by atoms with Gasteiger partial charge in [-0.3, -0.25) is 0 Å². The number of hydrogen-bond donors (Lipinski definition) is 2. The van der Waals surface area contributed by atoms with E-state index in [9.17, 15) is 0 Å². The lowest BCUT2D eigenvalue weighted by Crippen LogP contribution is -2.06. The van der Waals surface area contributed by atoms with E-state index in [-0.39, 0.29) is 5.95 Å². The van der Waals surface area contributed by atoms with Crippen LogP contribution in [0.3, 0.4) is 0 Å². The Morgan fingerprint density at radius 3 is 2.47 bits per heavy atom. The van der Waals surface area contributed by atoms with Crippen LogP contribution in [0.5, 0.6) is 0 Å². The molecule has 1 aromatic carbocycles. The topological polar surface area (TPSA) is 77.8 Å². The van der Waals surface area contributed by atoms with Gasteiger partial charge in [0.2, 0.25) is 5.95 Å². The molecule has 0 amide bonds. The number of aryl methyl sites for hydroxylation is 1. The fourth-order valence-electron chi connectivity index (χ4n) is 1.78. The van der Waals surface area contributed by atoms with Crippen molar-refractivity contribution in [3.8, 4) is 0 Å². The third kappa shape index (κ3) is 3.45. The maximum atomic E-state index is 5.84. The first-order chi connectivity index (χ1) is 9.06. The van der Waals surface area contributed by atoms with Crippen molar-refractivity contribution in [3.63, 3.8) is 0 Å². The van der Waals surface area contributed by atoms with E-state index in [0.29, 0.717) is 12.2 Å². The number of nitrogens with zero attached hydrogens (tertiary/aromatic N) is 2. The number of benzene rings is 1. The molecule has 0 fully saturated rings. The second-order valence-corrected chi connectivity index (χ2v) is 4.63. The molecule has 5 heteroatoms. The Morgan fingerprint density at radius 2 is 1.84 bits per heavy atom. The highest BCUT2D eigenvalue weighted by Gasteiger charge is 2.05. The Balaban J connectivity index is 2.12. The Kier molecular flexibility index (Phi) is 4.02. The van der Waals surface area contributed by atoms with Gasteiger partial charge in [-0.15, -0.1) is 0 Å². The minimum atomic E-state index is 0.209. The molecule has 1 aromatic heterocycles. The van der Waals surface area contributed by atoms with Crippen LogP contribution in [0.25, 0.3) is 6.08 Å². The third-order valence-electron chi connectivity index (χ3n) is 2.77. The van der Waals surface area contributed by atoms with Crippen molar-refractivity contribution >= 4 is 29.4 Å². The number of rotatable bonds is 3. The summed E-state index contributed by atoms with van der Waals surface area (Å²) in [6.45, 7) is 1.87. The number of nitrogen functional groups attached to an aromatic ring is 2. The van der Waals surface area contributed by atoms with Crippen LogP contribution in [-0.2, 0) is 6.42 Å². The van der Waals surface area contributed by atoms with Crippen LogP contribution in [-0.4, -0.2) is 9.97 Å². The van der Waals surface area contributed by atoms with Crippen LogP contribution in [0.4, 0.5) is 11.8 Å². The fraction of sp³-hybridized carbons (Fsp3) is 0.143. The molecule has 0 saturated heterocycles. The molecular formula is C14H15ClN4. The molecule has 0 aliphatic carbocycles. The molecule has 0 saturated carbocycles. The lowest BCUT2D eigenvalue weighted by atomic mass is 10.1. The van der Waals surface area contributed by atoms with Gasteiger partial charge in [-0.25, -0.2) is 4.98 Å². The summed E-state index contributed by atoms with van der Waals surface area (Å²) < 4.78 is 0. The largest absolute Gasteiger partial charge is 0.383 e. The van der Waals surface area contributed by atoms with E-state index in [1.165, 1.54) is 0 Å². The fourth-order valence-corrected chi connectivity index (χ4v) is 1.91. The van der Waals surface area contributed by atoms with Gasteiger partial charge in [0, 0.05) is 16.3 Å². The monoisotopic (exact) mass is 274 g/mol. The van der Waals surface area contributed by atoms with Crippen molar-refractivity contribution in [1.82, 2.24) is 9.97 Å². The van der Waals surface area contributed by atoms with E-state index in [1.54, 1.807) is 0 Å². The Labute approximate surface area is 117 Å². The zero-order valence-electron chi connectivity index (χ0n) is 10.6. The van der Waals surface area contributed by atoms with Gasteiger partial charge in [0.1, 0.15) is 5.82 Å². The normalized spacial score (nSPS) is 11.1. The summed E-state index contributed by atoms with van der Waals surface area (Å²) in [6, 6.07) is 7.61. The van der Waals surface area contributed by atoms with Gasteiger partial charge < -0.3 is 11.5 Å². The van der Waals surface area contributed by atoms with Crippen LogP contribution in [0.2, 0.25) is 5.02 Å². The molecule has 0 aliphatic heterocycles. The van der Waals surface area contributed by atoms with Gasteiger partial charge in [-0.1, -0.05) is 35.9 Å². The molecule has 0 aliphatic rings. The Morgan fingerprint density at radius 1 is 1.16 bits per heavy atom. The summed E-state index contributed by atoms with van der Waals surface area (Å²) in [6.07, 6.45) is 4.69. The Hall–Kier alpha value is -2.07. The van der Waals surface area contributed by atoms with Gasteiger partial charge in [0.25, 0.3) is 0 Å². The molecule has 0 radical (unpaired) electrons. The number of allylic oxidation sites excluding steroid dienone is 1. The second-order valence-electron chi connectivity index (χ2n) is 4.19. The first-order valence-corrected chi connectivity index (χ1v) is 6.24. The van der Waals surface area contributed by atoms with Crippen molar-refractivity contribution < 1.29 is 0 Å². The number of nitrogens with two attached hydrogens (primary N) is 2. The van der Waals surface area contributed by atoms with Crippen molar-refractivity contribution in [1.29, 1.82) is 0 Å². The maximum absolute atomic E-state index is 5.84. The number of anilines is 2. The summed E-state index contributed by atoms with van der Waals surface area (Å²) in [5.41, 5.74) is 14.2. The zero-order chi connectivity index (χ0) is 13.8.